The first-order valence-electron chi connectivity index (χ1n) is 9.16. The minimum Gasteiger partial charge on any atom is -0.497 e. The third kappa shape index (κ3) is 5.19. The second-order valence-corrected chi connectivity index (χ2v) is 8.55. The summed E-state index contributed by atoms with van der Waals surface area (Å²) in [4.78, 5) is 12.5. The molecule has 144 valence electrons. The first-order chi connectivity index (χ1) is 12.9. The van der Waals surface area contributed by atoms with Crippen LogP contribution < -0.4 is 14.8 Å². The number of aryl methyl sites for hydroxylation is 1. The van der Waals surface area contributed by atoms with Gasteiger partial charge < -0.3 is 14.8 Å². The van der Waals surface area contributed by atoms with Gasteiger partial charge in [-0.05, 0) is 44.5 Å². The van der Waals surface area contributed by atoms with E-state index in [-0.39, 0.29) is 17.6 Å². The highest BCUT2D eigenvalue weighted by molar-refractivity contribution is 7.99. The lowest BCUT2D eigenvalue weighted by Gasteiger charge is -2.38. The molecule has 2 aromatic rings. The van der Waals surface area contributed by atoms with E-state index in [1.165, 1.54) is 11.1 Å². The number of nitrogens with one attached hydrogen (secondary N) is 1. The second-order valence-electron chi connectivity index (χ2n) is 7.57. The van der Waals surface area contributed by atoms with Gasteiger partial charge in [0.1, 0.15) is 17.1 Å². The molecule has 0 saturated heterocycles. The van der Waals surface area contributed by atoms with Crippen LogP contribution in [0, 0.1) is 6.92 Å². The zero-order valence-corrected chi connectivity index (χ0v) is 17.2. The molecule has 0 aliphatic carbocycles. The summed E-state index contributed by atoms with van der Waals surface area (Å²) in [7, 11) is 1.66. The summed E-state index contributed by atoms with van der Waals surface area (Å²) in [5.41, 5.74) is 3.13. The van der Waals surface area contributed by atoms with Gasteiger partial charge in [-0.2, -0.15) is 0 Å². The number of thioether (sulfide) groups is 1. The minimum atomic E-state index is -0.295. The topological polar surface area (TPSA) is 47.6 Å². The molecule has 1 atom stereocenters. The van der Waals surface area contributed by atoms with E-state index in [1.807, 2.05) is 36.4 Å². The molecular formula is C22H27NO3S. The molecule has 1 amide bonds. The van der Waals surface area contributed by atoms with Gasteiger partial charge in [0.25, 0.3) is 0 Å². The molecule has 5 heteroatoms. The molecule has 2 aromatic carbocycles. The molecule has 27 heavy (non-hydrogen) atoms. The van der Waals surface area contributed by atoms with E-state index in [0.29, 0.717) is 5.75 Å². The number of rotatable bonds is 6. The molecule has 1 aliphatic rings. The van der Waals surface area contributed by atoms with Crippen molar-refractivity contribution in [3.8, 4) is 11.5 Å². The molecule has 0 spiro atoms. The van der Waals surface area contributed by atoms with E-state index in [2.05, 4.69) is 32.2 Å². The highest BCUT2D eigenvalue weighted by Crippen LogP contribution is 2.39. The van der Waals surface area contributed by atoms with Crippen molar-refractivity contribution >= 4 is 17.7 Å². The van der Waals surface area contributed by atoms with E-state index < -0.39 is 0 Å². The molecule has 1 aliphatic heterocycles. The summed E-state index contributed by atoms with van der Waals surface area (Å²) in [6.07, 6.45) is 0.762. The summed E-state index contributed by atoms with van der Waals surface area (Å²) in [5, 5.41) is 3.20. The number of ether oxygens (including phenoxy) is 2. The van der Waals surface area contributed by atoms with Crippen LogP contribution in [0.25, 0.3) is 0 Å². The van der Waals surface area contributed by atoms with Crippen molar-refractivity contribution in [2.75, 3.05) is 12.9 Å². The Morgan fingerprint density at radius 1 is 1.26 bits per heavy atom. The van der Waals surface area contributed by atoms with E-state index in [4.69, 9.17) is 9.47 Å². The van der Waals surface area contributed by atoms with Crippen molar-refractivity contribution in [3.63, 3.8) is 0 Å². The predicted octanol–water partition coefficient (Wildman–Crippen LogP) is 4.66. The lowest BCUT2D eigenvalue weighted by Crippen LogP contribution is -2.41. The number of benzene rings is 2. The number of amides is 1. The number of carbonyl (C=O) groups is 1. The molecule has 1 heterocycles. The van der Waals surface area contributed by atoms with Gasteiger partial charge in [0.15, 0.2) is 0 Å². The van der Waals surface area contributed by atoms with Crippen molar-refractivity contribution in [1.29, 1.82) is 0 Å². The molecule has 1 N–H and O–H groups in total. The summed E-state index contributed by atoms with van der Waals surface area (Å²) in [6.45, 7) is 6.18. The van der Waals surface area contributed by atoms with Crippen LogP contribution in [0.4, 0.5) is 0 Å². The van der Waals surface area contributed by atoms with Gasteiger partial charge >= 0.3 is 0 Å². The summed E-state index contributed by atoms with van der Waals surface area (Å²) in [6, 6.07) is 14.1. The molecule has 0 radical (unpaired) electrons. The van der Waals surface area contributed by atoms with E-state index in [9.17, 15) is 4.79 Å². The van der Waals surface area contributed by atoms with Crippen molar-refractivity contribution in [3.05, 3.63) is 59.2 Å². The van der Waals surface area contributed by atoms with Crippen LogP contribution in [0.5, 0.6) is 11.5 Å². The number of hydrogen-bond donors (Lipinski definition) is 1. The number of methoxy groups -OCH3 is 1. The Kier molecular flexibility index (Phi) is 6.00. The lowest BCUT2D eigenvalue weighted by atomic mass is 9.89. The molecule has 3 rings (SSSR count). The van der Waals surface area contributed by atoms with E-state index in [0.717, 1.165) is 29.2 Å². The molecule has 0 saturated carbocycles. The first kappa shape index (κ1) is 19.6. The van der Waals surface area contributed by atoms with Gasteiger partial charge in [-0.1, -0.05) is 29.8 Å². The first-order valence-corrected chi connectivity index (χ1v) is 10.3. The lowest BCUT2D eigenvalue weighted by molar-refractivity contribution is -0.119. The Labute approximate surface area is 165 Å². The fraction of sp³-hybridized carbons (Fsp3) is 0.409. The van der Waals surface area contributed by atoms with Crippen molar-refractivity contribution in [2.24, 2.45) is 0 Å². The Hall–Kier alpha value is -2.14. The Bertz CT molecular complexity index is 802. The quantitative estimate of drug-likeness (QED) is 0.786. The monoisotopic (exact) mass is 385 g/mol. The Morgan fingerprint density at radius 2 is 2.00 bits per heavy atom. The van der Waals surface area contributed by atoms with Crippen LogP contribution in [0.2, 0.25) is 0 Å². The fourth-order valence-electron chi connectivity index (χ4n) is 3.32. The maximum absolute atomic E-state index is 12.5. The maximum Gasteiger partial charge on any atom is 0.230 e. The van der Waals surface area contributed by atoms with E-state index >= 15 is 0 Å². The average molecular weight is 386 g/mol. The van der Waals surface area contributed by atoms with Gasteiger partial charge in [0.05, 0.1) is 18.9 Å². The van der Waals surface area contributed by atoms with Gasteiger partial charge in [0, 0.05) is 17.7 Å². The Balaban J connectivity index is 1.57. The summed E-state index contributed by atoms with van der Waals surface area (Å²) in [5.74, 6) is 3.01. The smallest absolute Gasteiger partial charge is 0.230 e. The number of hydrogen-bond acceptors (Lipinski definition) is 4. The minimum absolute atomic E-state index is 0.0160. The maximum atomic E-state index is 12.5. The highest BCUT2D eigenvalue weighted by Gasteiger charge is 2.34. The number of carbonyl (C=O) groups excluding carboxylic acids is 1. The van der Waals surface area contributed by atoms with Crippen LogP contribution in [-0.4, -0.2) is 24.4 Å². The largest absolute Gasteiger partial charge is 0.497 e. The van der Waals surface area contributed by atoms with Gasteiger partial charge in [0.2, 0.25) is 5.91 Å². The van der Waals surface area contributed by atoms with Crippen LogP contribution in [-0.2, 0) is 10.5 Å². The normalized spacial score (nSPS) is 17.6. The molecule has 4 nitrogen and oxygen atoms in total. The zero-order chi connectivity index (χ0) is 19.4. The van der Waals surface area contributed by atoms with Crippen molar-refractivity contribution in [1.82, 2.24) is 5.32 Å². The average Bonchev–Trinajstić information content (AvgIpc) is 2.62. The molecule has 0 fully saturated rings. The van der Waals surface area contributed by atoms with Crippen molar-refractivity contribution < 1.29 is 14.3 Å². The van der Waals surface area contributed by atoms with E-state index in [1.54, 1.807) is 18.9 Å². The summed E-state index contributed by atoms with van der Waals surface area (Å²) < 4.78 is 11.2. The van der Waals surface area contributed by atoms with Gasteiger partial charge in [-0.25, -0.2) is 0 Å². The van der Waals surface area contributed by atoms with Gasteiger partial charge in [-0.15, -0.1) is 11.8 Å². The predicted molar refractivity (Wildman–Crippen MR) is 111 cm³/mol. The fourth-order valence-corrected chi connectivity index (χ4v) is 4.12. The molecule has 0 bridgehead atoms. The van der Waals surface area contributed by atoms with Crippen LogP contribution >= 0.6 is 11.8 Å². The van der Waals surface area contributed by atoms with Crippen LogP contribution in [0.3, 0.4) is 0 Å². The van der Waals surface area contributed by atoms with Crippen LogP contribution in [0.15, 0.2) is 42.5 Å². The SMILES string of the molecule is COc1ccc(CSCC(=O)N[C@@H]2CC(C)(C)Oc3ccc(C)cc32)cc1. The highest BCUT2D eigenvalue weighted by atomic mass is 32.2. The zero-order valence-electron chi connectivity index (χ0n) is 16.4. The second kappa shape index (κ2) is 8.26. The van der Waals surface area contributed by atoms with Crippen molar-refractivity contribution in [2.45, 2.75) is 44.6 Å². The third-order valence-electron chi connectivity index (χ3n) is 4.62. The molecule has 0 unspecified atom stereocenters. The standard InChI is InChI=1S/C22H27NO3S/c1-15-5-10-20-18(11-15)19(12-22(2,3)26-20)23-21(24)14-27-13-16-6-8-17(25-4)9-7-16/h5-11,19H,12-14H2,1-4H3,(H,23,24)/t19-/m1/s1. The molecular weight excluding hydrogens is 358 g/mol. The van der Waals surface area contributed by atoms with Crippen LogP contribution in [0.1, 0.15) is 43.0 Å². The van der Waals surface area contributed by atoms with Gasteiger partial charge in [-0.3, -0.25) is 4.79 Å². The summed E-state index contributed by atoms with van der Waals surface area (Å²) >= 11 is 1.62. The Morgan fingerprint density at radius 3 is 2.70 bits per heavy atom. The molecule has 0 aromatic heterocycles. The third-order valence-corrected chi connectivity index (χ3v) is 5.62. The number of fused-ring (bicyclic) bond motifs is 1.